The molecule has 166 valence electrons. The van der Waals surface area contributed by atoms with Gasteiger partial charge in [0.15, 0.2) is 0 Å². The first-order valence-electron chi connectivity index (χ1n) is 11.0. The van der Waals surface area contributed by atoms with Crippen LogP contribution in [-0.2, 0) is 13.0 Å². The molecule has 1 aromatic heterocycles. The number of carbonyl (C=O) groups excluding carboxylic acids is 1. The van der Waals surface area contributed by atoms with E-state index in [1.165, 1.54) is 17.4 Å². The molecule has 1 fully saturated rings. The maximum Gasteiger partial charge on any atom is 0.260 e. The molecule has 2 aliphatic heterocycles. The molecular formula is C23H29F2N5O. The van der Waals surface area contributed by atoms with E-state index >= 15 is 0 Å². The molecule has 0 unspecified atom stereocenters. The highest BCUT2D eigenvalue weighted by atomic mass is 19.1. The number of rotatable bonds is 4. The van der Waals surface area contributed by atoms with Gasteiger partial charge in [0.2, 0.25) is 5.95 Å². The van der Waals surface area contributed by atoms with E-state index in [0.717, 1.165) is 61.1 Å². The predicted octanol–water partition coefficient (Wildman–Crippen LogP) is 3.79. The van der Waals surface area contributed by atoms with E-state index in [4.69, 9.17) is 9.97 Å². The van der Waals surface area contributed by atoms with Crippen LogP contribution in [0.4, 0.5) is 20.5 Å². The largest absolute Gasteiger partial charge is 0.357 e. The molecule has 6 nitrogen and oxygen atoms in total. The normalized spacial score (nSPS) is 16.5. The number of benzene rings is 1. The van der Waals surface area contributed by atoms with E-state index in [1.54, 1.807) is 0 Å². The number of hydrogen-bond donors (Lipinski definition) is 0. The van der Waals surface area contributed by atoms with Crippen molar-refractivity contribution in [1.82, 2.24) is 14.9 Å². The number of hydrogen-bond acceptors (Lipinski definition) is 5. The number of aromatic nitrogens is 2. The molecule has 0 aliphatic carbocycles. The third kappa shape index (κ3) is 4.20. The quantitative estimate of drug-likeness (QED) is 0.740. The summed E-state index contributed by atoms with van der Waals surface area (Å²) in [6.07, 6.45) is 4.02. The van der Waals surface area contributed by atoms with E-state index < -0.39 is 23.1 Å². The average Bonchev–Trinajstić information content (AvgIpc) is 2.77. The predicted molar refractivity (Wildman–Crippen MR) is 116 cm³/mol. The summed E-state index contributed by atoms with van der Waals surface area (Å²) in [5, 5.41) is 0. The Labute approximate surface area is 181 Å². The molecule has 0 atom stereocenters. The second-order valence-electron chi connectivity index (χ2n) is 8.60. The maximum absolute atomic E-state index is 14.2. The van der Waals surface area contributed by atoms with Crippen LogP contribution in [0.25, 0.3) is 0 Å². The SMILES string of the molecule is CC(C)N(C)c1nc(N2CCCCC2)nc2c1CN(C(=O)c1c(F)cccc1F)CC2. The number of nitrogens with zero attached hydrogens (tertiary/aromatic N) is 5. The number of halogens is 2. The zero-order chi connectivity index (χ0) is 22.1. The summed E-state index contributed by atoms with van der Waals surface area (Å²) in [6.45, 7) is 6.64. The second-order valence-corrected chi connectivity index (χ2v) is 8.60. The number of anilines is 2. The van der Waals surface area contributed by atoms with Gasteiger partial charge < -0.3 is 14.7 Å². The third-order valence-corrected chi connectivity index (χ3v) is 6.24. The van der Waals surface area contributed by atoms with Crippen LogP contribution in [0.3, 0.4) is 0 Å². The van der Waals surface area contributed by atoms with E-state index in [9.17, 15) is 13.6 Å². The highest BCUT2D eigenvalue weighted by Gasteiger charge is 2.31. The molecule has 1 saturated heterocycles. The molecule has 0 saturated carbocycles. The van der Waals surface area contributed by atoms with Crippen LogP contribution in [0.5, 0.6) is 0 Å². The van der Waals surface area contributed by atoms with Gasteiger partial charge in [0.1, 0.15) is 23.0 Å². The van der Waals surface area contributed by atoms with Gasteiger partial charge in [0.05, 0.1) is 12.2 Å². The van der Waals surface area contributed by atoms with Crippen molar-refractivity contribution in [2.45, 2.75) is 52.1 Å². The van der Waals surface area contributed by atoms with Gasteiger partial charge in [0, 0.05) is 44.7 Å². The molecule has 8 heteroatoms. The van der Waals surface area contributed by atoms with E-state index in [-0.39, 0.29) is 12.6 Å². The molecule has 2 aliphatic rings. The second kappa shape index (κ2) is 8.77. The monoisotopic (exact) mass is 429 g/mol. The molecule has 4 rings (SSSR count). The Kier molecular flexibility index (Phi) is 6.07. The smallest absolute Gasteiger partial charge is 0.260 e. The minimum atomic E-state index is -0.841. The van der Waals surface area contributed by atoms with Crippen molar-refractivity contribution in [2.75, 3.05) is 36.5 Å². The fourth-order valence-corrected chi connectivity index (χ4v) is 4.19. The Bertz CT molecular complexity index is 954. The lowest BCUT2D eigenvalue weighted by atomic mass is 10.0. The molecule has 1 amide bonds. The molecular weight excluding hydrogens is 400 g/mol. The van der Waals surface area contributed by atoms with E-state index in [0.29, 0.717) is 13.0 Å². The van der Waals surface area contributed by atoms with Gasteiger partial charge in [-0.1, -0.05) is 6.07 Å². The summed E-state index contributed by atoms with van der Waals surface area (Å²) in [5.41, 5.74) is 1.26. The van der Waals surface area contributed by atoms with Gasteiger partial charge in [-0.25, -0.2) is 13.8 Å². The summed E-state index contributed by atoms with van der Waals surface area (Å²) in [6, 6.07) is 3.68. The lowest BCUT2D eigenvalue weighted by Crippen LogP contribution is -2.40. The van der Waals surface area contributed by atoms with Crippen molar-refractivity contribution in [2.24, 2.45) is 0 Å². The molecule has 3 heterocycles. The highest BCUT2D eigenvalue weighted by Crippen LogP contribution is 2.31. The summed E-state index contributed by atoms with van der Waals surface area (Å²) in [7, 11) is 1.98. The van der Waals surface area contributed by atoms with Gasteiger partial charge in [-0.3, -0.25) is 4.79 Å². The van der Waals surface area contributed by atoms with E-state index in [1.807, 2.05) is 7.05 Å². The van der Waals surface area contributed by atoms with Gasteiger partial charge in [-0.15, -0.1) is 0 Å². The minimum Gasteiger partial charge on any atom is -0.357 e. The molecule has 0 spiro atoms. The van der Waals surface area contributed by atoms with Crippen LogP contribution >= 0.6 is 0 Å². The van der Waals surface area contributed by atoms with Crippen LogP contribution in [0.2, 0.25) is 0 Å². The van der Waals surface area contributed by atoms with E-state index in [2.05, 4.69) is 23.6 Å². The Morgan fingerprint density at radius 2 is 1.74 bits per heavy atom. The molecule has 2 aromatic rings. The lowest BCUT2D eigenvalue weighted by Gasteiger charge is -2.35. The molecule has 0 N–H and O–H groups in total. The minimum absolute atomic E-state index is 0.197. The molecule has 1 aromatic carbocycles. The number of amides is 1. The first kappa shape index (κ1) is 21.5. The lowest BCUT2D eigenvalue weighted by molar-refractivity contribution is 0.0723. The van der Waals surface area contributed by atoms with Crippen LogP contribution < -0.4 is 9.80 Å². The van der Waals surface area contributed by atoms with Crippen LogP contribution in [0.1, 0.15) is 54.7 Å². The highest BCUT2D eigenvalue weighted by molar-refractivity contribution is 5.95. The van der Waals surface area contributed by atoms with Crippen molar-refractivity contribution in [3.05, 3.63) is 46.7 Å². The summed E-state index contributed by atoms with van der Waals surface area (Å²) >= 11 is 0. The van der Waals surface area contributed by atoms with Gasteiger partial charge in [-0.2, -0.15) is 4.98 Å². The first-order chi connectivity index (χ1) is 14.9. The fourth-order valence-electron chi connectivity index (χ4n) is 4.19. The fraction of sp³-hybridized carbons (Fsp3) is 0.522. The maximum atomic E-state index is 14.2. The molecule has 0 bridgehead atoms. The number of carbonyl (C=O) groups is 1. The summed E-state index contributed by atoms with van der Waals surface area (Å²) < 4.78 is 28.4. The first-order valence-corrected chi connectivity index (χ1v) is 11.0. The van der Waals surface area contributed by atoms with Gasteiger partial charge in [-0.05, 0) is 45.2 Å². The van der Waals surface area contributed by atoms with Crippen molar-refractivity contribution in [3.8, 4) is 0 Å². The van der Waals surface area contributed by atoms with Crippen molar-refractivity contribution < 1.29 is 13.6 Å². The summed E-state index contributed by atoms with van der Waals surface area (Å²) in [5.74, 6) is -0.800. The van der Waals surface area contributed by atoms with Crippen molar-refractivity contribution >= 4 is 17.7 Å². The number of piperidine rings is 1. The van der Waals surface area contributed by atoms with Crippen LogP contribution in [0, 0.1) is 11.6 Å². The summed E-state index contributed by atoms with van der Waals surface area (Å²) in [4.78, 5) is 28.5. The molecule has 0 radical (unpaired) electrons. The standard InChI is InChI=1S/C23H29F2N5O/c1-15(2)28(3)21-16-14-30(22(31)20-17(24)8-7-9-18(20)25)13-10-19(16)26-23(27-21)29-11-5-4-6-12-29/h7-9,15H,4-6,10-14H2,1-3H3. The average molecular weight is 430 g/mol. The third-order valence-electron chi connectivity index (χ3n) is 6.24. The van der Waals surface area contributed by atoms with Crippen molar-refractivity contribution in [1.29, 1.82) is 0 Å². The Balaban J connectivity index is 1.69. The zero-order valence-electron chi connectivity index (χ0n) is 18.4. The van der Waals surface area contributed by atoms with Gasteiger partial charge in [0.25, 0.3) is 5.91 Å². The molecule has 31 heavy (non-hydrogen) atoms. The Hall–Kier alpha value is -2.77. The zero-order valence-corrected chi connectivity index (χ0v) is 18.4. The Morgan fingerprint density at radius 1 is 1.06 bits per heavy atom. The van der Waals surface area contributed by atoms with Crippen LogP contribution in [-0.4, -0.2) is 53.5 Å². The van der Waals surface area contributed by atoms with Gasteiger partial charge >= 0.3 is 0 Å². The Morgan fingerprint density at radius 3 is 2.39 bits per heavy atom. The topological polar surface area (TPSA) is 52.6 Å². The van der Waals surface area contributed by atoms with Crippen LogP contribution in [0.15, 0.2) is 18.2 Å². The number of fused-ring (bicyclic) bond motifs is 1. The van der Waals surface area contributed by atoms with Crippen molar-refractivity contribution in [3.63, 3.8) is 0 Å².